The summed E-state index contributed by atoms with van der Waals surface area (Å²) in [6, 6.07) is 8.40. The van der Waals surface area contributed by atoms with Crippen LogP contribution in [0, 0.1) is 11.3 Å². The van der Waals surface area contributed by atoms with E-state index in [4.69, 9.17) is 0 Å². The zero-order valence-corrected chi connectivity index (χ0v) is 12.3. The van der Waals surface area contributed by atoms with Gasteiger partial charge in [-0.1, -0.05) is 43.7 Å². The molecule has 2 N–H and O–H groups in total. The molecule has 20 heavy (non-hydrogen) atoms. The SMILES string of the molecule is CC1=CC2c3c([nH]c4ccccc34)C(O)C2C(C)(C)C1. The van der Waals surface area contributed by atoms with Gasteiger partial charge < -0.3 is 10.1 Å². The van der Waals surface area contributed by atoms with Crippen molar-refractivity contribution < 1.29 is 5.11 Å². The molecule has 2 aliphatic rings. The molecule has 0 spiro atoms. The van der Waals surface area contributed by atoms with Crippen LogP contribution < -0.4 is 0 Å². The number of hydrogen-bond donors (Lipinski definition) is 2. The topological polar surface area (TPSA) is 36.0 Å². The number of H-pyrrole nitrogens is 1. The molecule has 0 fully saturated rings. The molecule has 2 heteroatoms. The van der Waals surface area contributed by atoms with Crippen LogP contribution in [0.15, 0.2) is 35.9 Å². The Morgan fingerprint density at radius 2 is 2.00 bits per heavy atom. The van der Waals surface area contributed by atoms with Crippen molar-refractivity contribution in [2.24, 2.45) is 11.3 Å². The van der Waals surface area contributed by atoms with Gasteiger partial charge in [0.15, 0.2) is 0 Å². The molecule has 4 rings (SSSR count). The number of benzene rings is 1. The summed E-state index contributed by atoms with van der Waals surface area (Å²) in [6.07, 6.45) is 3.08. The number of aromatic nitrogens is 1. The van der Waals surface area contributed by atoms with E-state index in [1.54, 1.807) is 0 Å². The molecule has 0 saturated heterocycles. The van der Waals surface area contributed by atoms with Crippen LogP contribution in [0.4, 0.5) is 0 Å². The Bertz CT molecular complexity index is 722. The number of nitrogens with one attached hydrogen (secondary N) is 1. The van der Waals surface area contributed by atoms with E-state index in [9.17, 15) is 5.11 Å². The third-order valence-electron chi connectivity index (χ3n) is 5.23. The summed E-state index contributed by atoms with van der Waals surface area (Å²) < 4.78 is 0. The number of hydrogen-bond acceptors (Lipinski definition) is 1. The Labute approximate surface area is 119 Å². The van der Waals surface area contributed by atoms with E-state index in [0.717, 1.165) is 17.6 Å². The third kappa shape index (κ3) is 1.43. The summed E-state index contributed by atoms with van der Waals surface area (Å²) in [6.45, 7) is 6.80. The molecule has 3 unspecified atom stereocenters. The first-order valence-electron chi connectivity index (χ1n) is 7.45. The van der Waals surface area contributed by atoms with Crippen molar-refractivity contribution in [3.05, 3.63) is 47.2 Å². The molecule has 2 nitrogen and oxygen atoms in total. The van der Waals surface area contributed by atoms with Crippen molar-refractivity contribution in [2.45, 2.75) is 39.2 Å². The van der Waals surface area contributed by atoms with Crippen molar-refractivity contribution >= 4 is 10.9 Å². The summed E-state index contributed by atoms with van der Waals surface area (Å²) >= 11 is 0. The van der Waals surface area contributed by atoms with E-state index >= 15 is 0 Å². The molecule has 1 aromatic carbocycles. The zero-order valence-electron chi connectivity index (χ0n) is 12.3. The minimum absolute atomic E-state index is 0.143. The van der Waals surface area contributed by atoms with Gasteiger partial charge in [-0.05, 0) is 30.4 Å². The molecule has 104 valence electrons. The fourth-order valence-electron chi connectivity index (χ4n) is 4.63. The van der Waals surface area contributed by atoms with Crippen LogP contribution in [0.25, 0.3) is 10.9 Å². The lowest BCUT2D eigenvalue weighted by atomic mass is 9.64. The first kappa shape index (κ1) is 12.2. The van der Waals surface area contributed by atoms with Crippen molar-refractivity contribution in [2.75, 3.05) is 0 Å². The van der Waals surface area contributed by atoms with Gasteiger partial charge in [0, 0.05) is 28.4 Å². The Balaban J connectivity index is 1.99. The van der Waals surface area contributed by atoms with E-state index in [1.807, 2.05) is 6.07 Å². The number of fused-ring (bicyclic) bond motifs is 5. The molecule has 0 saturated carbocycles. The van der Waals surface area contributed by atoms with Gasteiger partial charge in [-0.15, -0.1) is 0 Å². The molecule has 2 aromatic rings. The van der Waals surface area contributed by atoms with Crippen molar-refractivity contribution in [1.82, 2.24) is 4.98 Å². The predicted molar refractivity (Wildman–Crippen MR) is 81.6 cm³/mol. The number of para-hydroxylation sites is 1. The maximum atomic E-state index is 10.8. The van der Waals surface area contributed by atoms with Gasteiger partial charge in [0.25, 0.3) is 0 Å². The van der Waals surface area contributed by atoms with E-state index in [1.165, 1.54) is 16.5 Å². The minimum Gasteiger partial charge on any atom is -0.387 e. The highest BCUT2D eigenvalue weighted by Gasteiger charge is 2.50. The number of rotatable bonds is 0. The molecular weight excluding hydrogens is 246 g/mol. The van der Waals surface area contributed by atoms with Gasteiger partial charge in [0.05, 0.1) is 6.10 Å². The minimum atomic E-state index is -0.373. The largest absolute Gasteiger partial charge is 0.387 e. The maximum Gasteiger partial charge on any atom is 0.0983 e. The maximum absolute atomic E-state index is 10.8. The van der Waals surface area contributed by atoms with Crippen molar-refractivity contribution in [3.8, 4) is 0 Å². The summed E-state index contributed by atoms with van der Waals surface area (Å²) in [4.78, 5) is 3.46. The van der Waals surface area contributed by atoms with Gasteiger partial charge in [-0.25, -0.2) is 0 Å². The second kappa shape index (κ2) is 3.76. The Morgan fingerprint density at radius 3 is 2.80 bits per heavy atom. The highest BCUT2D eigenvalue weighted by Crippen LogP contribution is 2.59. The molecule has 3 atom stereocenters. The van der Waals surface area contributed by atoms with Crippen LogP contribution in [-0.2, 0) is 0 Å². The normalized spacial score (nSPS) is 31.0. The fraction of sp³-hybridized carbons (Fsp3) is 0.444. The van der Waals surface area contributed by atoms with Gasteiger partial charge in [-0.3, -0.25) is 0 Å². The lowest BCUT2D eigenvalue weighted by molar-refractivity contribution is 0.0318. The summed E-state index contributed by atoms with van der Waals surface area (Å²) in [5, 5.41) is 12.1. The van der Waals surface area contributed by atoms with Gasteiger partial charge >= 0.3 is 0 Å². The smallest absolute Gasteiger partial charge is 0.0983 e. The van der Waals surface area contributed by atoms with Crippen LogP contribution in [0.2, 0.25) is 0 Å². The van der Waals surface area contributed by atoms with Crippen LogP contribution in [0.3, 0.4) is 0 Å². The Kier molecular flexibility index (Phi) is 2.30. The molecule has 0 aliphatic heterocycles. The first-order chi connectivity index (χ1) is 9.49. The van der Waals surface area contributed by atoms with Gasteiger partial charge in [0.2, 0.25) is 0 Å². The van der Waals surface area contributed by atoms with Gasteiger partial charge in [0.1, 0.15) is 0 Å². The van der Waals surface area contributed by atoms with Crippen LogP contribution in [0.5, 0.6) is 0 Å². The molecule has 2 aliphatic carbocycles. The lowest BCUT2D eigenvalue weighted by Crippen LogP contribution is -2.33. The monoisotopic (exact) mass is 267 g/mol. The Hall–Kier alpha value is -1.54. The molecular formula is C18H21NO. The highest BCUT2D eigenvalue weighted by molar-refractivity contribution is 5.86. The second-order valence-electron chi connectivity index (χ2n) is 7.17. The second-order valence-corrected chi connectivity index (χ2v) is 7.17. The van der Waals surface area contributed by atoms with Crippen molar-refractivity contribution in [1.29, 1.82) is 0 Å². The quantitative estimate of drug-likeness (QED) is 0.686. The number of aromatic amines is 1. The molecule has 1 aromatic heterocycles. The van der Waals surface area contributed by atoms with Crippen molar-refractivity contribution in [3.63, 3.8) is 0 Å². The average molecular weight is 267 g/mol. The standard InChI is InChI=1S/C18H21NO/c1-10-8-12-14-11-6-4-5-7-13(11)19-16(14)17(20)15(12)18(2,3)9-10/h4-8,12,15,17,19-20H,9H2,1-3H3. The van der Waals surface area contributed by atoms with Gasteiger partial charge in [-0.2, -0.15) is 0 Å². The van der Waals surface area contributed by atoms with Crippen LogP contribution in [-0.4, -0.2) is 10.1 Å². The molecule has 0 radical (unpaired) electrons. The molecule has 1 heterocycles. The first-order valence-corrected chi connectivity index (χ1v) is 7.45. The van der Waals surface area contributed by atoms with E-state index in [-0.39, 0.29) is 17.4 Å². The molecule has 0 bridgehead atoms. The predicted octanol–water partition coefficient (Wildman–Crippen LogP) is 4.29. The fourth-order valence-corrected chi connectivity index (χ4v) is 4.63. The van der Waals surface area contributed by atoms with E-state index in [2.05, 4.69) is 50.0 Å². The van der Waals surface area contributed by atoms with Crippen LogP contribution >= 0.6 is 0 Å². The summed E-state index contributed by atoms with van der Waals surface area (Å²) in [5.74, 6) is 0.636. The van der Waals surface area contributed by atoms with E-state index in [0.29, 0.717) is 5.92 Å². The molecule has 0 amide bonds. The summed E-state index contributed by atoms with van der Waals surface area (Å²) in [7, 11) is 0. The zero-order chi connectivity index (χ0) is 14.1. The summed E-state index contributed by atoms with van der Waals surface area (Å²) in [5.41, 5.74) is 5.10. The van der Waals surface area contributed by atoms with E-state index < -0.39 is 0 Å². The lowest BCUT2D eigenvalue weighted by Gasteiger charge is -2.41. The Morgan fingerprint density at radius 1 is 1.25 bits per heavy atom. The number of allylic oxidation sites excluding steroid dienone is 2. The third-order valence-corrected chi connectivity index (χ3v) is 5.23. The number of aliphatic hydroxyl groups excluding tert-OH is 1. The highest BCUT2D eigenvalue weighted by atomic mass is 16.3. The average Bonchev–Trinajstić information content (AvgIpc) is 2.86. The van der Waals surface area contributed by atoms with Crippen LogP contribution in [0.1, 0.15) is 50.5 Å². The number of aliphatic hydroxyl groups is 1.